The van der Waals surface area contributed by atoms with E-state index >= 15 is 0 Å². The largest absolute Gasteiger partial charge is 0.494 e. The highest BCUT2D eigenvalue weighted by atomic mass is 127. The lowest BCUT2D eigenvalue weighted by Gasteiger charge is -2.25. The minimum absolute atomic E-state index is 0.192. The number of rotatable bonds is 10. The van der Waals surface area contributed by atoms with E-state index in [0.717, 1.165) is 18.3 Å². The summed E-state index contributed by atoms with van der Waals surface area (Å²) in [5.74, 6) is 0.494. The summed E-state index contributed by atoms with van der Waals surface area (Å²) in [6.07, 6.45) is 1.81. The number of carbonyl (C=O) groups is 2. The predicted octanol–water partition coefficient (Wildman–Crippen LogP) is 5.42. The second-order valence-corrected chi connectivity index (χ2v) is 13.1. The number of aromatic nitrogens is 1. The number of fused-ring (bicyclic) bond motifs is 1. The number of carbonyl (C=O) groups excluding carboxylic acids is 2. The molecule has 1 N–H and O–H groups in total. The number of benzene rings is 3. The number of nitrogens with one attached hydrogen (secondary N) is 1. The third-order valence-corrected chi connectivity index (χ3v) is 9.35. The molecule has 2 heterocycles. The number of amides is 1. The molecule has 12 heteroatoms. The third-order valence-electron chi connectivity index (χ3n) is 6.76. The molecule has 4 aromatic rings. The van der Waals surface area contributed by atoms with E-state index in [9.17, 15) is 14.4 Å². The maximum Gasteiger partial charge on any atom is 0.344 e. The molecule has 0 unspecified atom stereocenters. The Balaban J connectivity index is 1.57. The normalized spacial score (nSPS) is 14.4. The van der Waals surface area contributed by atoms with Crippen LogP contribution < -0.4 is 29.7 Å². The second kappa shape index (κ2) is 14.7. The Bertz CT molecular complexity index is 1930. The topological polar surface area (TPSA) is 108 Å². The van der Waals surface area contributed by atoms with Gasteiger partial charge < -0.3 is 19.5 Å². The van der Waals surface area contributed by atoms with E-state index in [1.807, 2.05) is 79.7 Å². The molecule has 1 aliphatic rings. The number of esters is 1. The molecule has 0 aliphatic carbocycles. The zero-order valence-electron chi connectivity index (χ0n) is 24.6. The second-order valence-electron chi connectivity index (χ2n) is 9.81. The summed E-state index contributed by atoms with van der Waals surface area (Å²) in [5.41, 5.74) is 2.84. The molecule has 0 spiro atoms. The van der Waals surface area contributed by atoms with Crippen LogP contribution in [0, 0.1) is 7.14 Å². The van der Waals surface area contributed by atoms with Crippen molar-refractivity contribution >= 4 is 80.2 Å². The zero-order valence-corrected chi connectivity index (χ0v) is 29.8. The lowest BCUT2D eigenvalue weighted by molar-refractivity contribution is -0.145. The van der Waals surface area contributed by atoms with Gasteiger partial charge in [0.15, 0.2) is 11.4 Å². The first-order valence-electron chi connectivity index (χ1n) is 14.1. The minimum Gasteiger partial charge on any atom is -0.494 e. The molecule has 0 saturated heterocycles. The van der Waals surface area contributed by atoms with Crippen molar-refractivity contribution in [2.24, 2.45) is 4.99 Å². The van der Waals surface area contributed by atoms with Crippen LogP contribution in [-0.2, 0) is 14.3 Å². The fourth-order valence-electron chi connectivity index (χ4n) is 4.85. The molecule has 3 aromatic carbocycles. The van der Waals surface area contributed by atoms with E-state index in [1.54, 1.807) is 18.4 Å². The van der Waals surface area contributed by atoms with Gasteiger partial charge in [-0.1, -0.05) is 41.7 Å². The van der Waals surface area contributed by atoms with Crippen molar-refractivity contribution in [1.29, 1.82) is 0 Å². The van der Waals surface area contributed by atoms with Gasteiger partial charge in [-0.25, -0.2) is 9.79 Å². The Morgan fingerprint density at radius 1 is 1.00 bits per heavy atom. The molecular weight excluding hydrogens is 820 g/mol. The summed E-state index contributed by atoms with van der Waals surface area (Å²) in [6, 6.07) is 19.7. The number of para-hydroxylation sites is 1. The SMILES string of the molecule is CCOC(=O)COc1c(I)cc(/C=c2\sc3n(c2=O)[C@H](c2ccc(OCC)cc2)C(C(=O)Nc2ccccc2)=C(C)N=3)cc1I. The zero-order chi connectivity index (χ0) is 32.1. The molecule has 1 atom stereocenters. The van der Waals surface area contributed by atoms with Crippen LogP contribution in [0.4, 0.5) is 5.69 Å². The molecule has 45 heavy (non-hydrogen) atoms. The summed E-state index contributed by atoms with van der Waals surface area (Å²) < 4.78 is 19.9. The van der Waals surface area contributed by atoms with Crippen molar-refractivity contribution in [3.8, 4) is 11.5 Å². The molecule has 232 valence electrons. The Kier molecular flexibility index (Phi) is 10.8. The van der Waals surface area contributed by atoms with Crippen molar-refractivity contribution < 1.29 is 23.8 Å². The quantitative estimate of drug-likeness (QED) is 0.169. The van der Waals surface area contributed by atoms with Crippen molar-refractivity contribution in [3.63, 3.8) is 0 Å². The number of halogens is 2. The Morgan fingerprint density at radius 3 is 2.33 bits per heavy atom. The number of anilines is 1. The highest BCUT2D eigenvalue weighted by Gasteiger charge is 2.32. The smallest absolute Gasteiger partial charge is 0.344 e. The number of hydrogen-bond acceptors (Lipinski definition) is 8. The molecule has 1 aliphatic heterocycles. The maximum absolute atomic E-state index is 14.1. The molecule has 1 amide bonds. The van der Waals surface area contributed by atoms with Crippen LogP contribution in [0.1, 0.15) is 37.9 Å². The third kappa shape index (κ3) is 7.49. The van der Waals surface area contributed by atoms with Crippen LogP contribution in [0.5, 0.6) is 11.5 Å². The first-order chi connectivity index (χ1) is 21.7. The monoisotopic (exact) mass is 849 g/mol. The van der Waals surface area contributed by atoms with Crippen LogP contribution in [0.25, 0.3) is 6.08 Å². The van der Waals surface area contributed by atoms with E-state index < -0.39 is 12.0 Å². The average Bonchev–Trinajstić information content (AvgIpc) is 3.31. The van der Waals surface area contributed by atoms with Crippen molar-refractivity contribution in [3.05, 3.63) is 116 Å². The molecule has 9 nitrogen and oxygen atoms in total. The Labute approximate surface area is 290 Å². The van der Waals surface area contributed by atoms with Gasteiger partial charge in [0.1, 0.15) is 11.5 Å². The van der Waals surface area contributed by atoms with Crippen LogP contribution in [0.3, 0.4) is 0 Å². The number of allylic oxidation sites excluding steroid dienone is 1. The summed E-state index contributed by atoms with van der Waals surface area (Å²) in [6.45, 7) is 6.06. The Morgan fingerprint density at radius 2 is 1.69 bits per heavy atom. The van der Waals surface area contributed by atoms with Crippen LogP contribution in [0.15, 0.2) is 87.8 Å². The van der Waals surface area contributed by atoms with E-state index in [-0.39, 0.29) is 24.7 Å². The summed E-state index contributed by atoms with van der Waals surface area (Å²) >= 11 is 5.56. The van der Waals surface area contributed by atoms with Gasteiger partial charge in [0.05, 0.1) is 42.2 Å². The fraction of sp³-hybridized carbons (Fsp3) is 0.212. The average molecular weight is 849 g/mol. The highest BCUT2D eigenvalue weighted by molar-refractivity contribution is 14.1. The molecule has 1 aromatic heterocycles. The van der Waals surface area contributed by atoms with Gasteiger partial charge in [-0.2, -0.15) is 0 Å². The summed E-state index contributed by atoms with van der Waals surface area (Å²) in [5, 5.41) is 2.97. The summed E-state index contributed by atoms with van der Waals surface area (Å²) in [7, 11) is 0. The van der Waals surface area contributed by atoms with E-state index in [1.165, 1.54) is 11.3 Å². The van der Waals surface area contributed by atoms with E-state index in [0.29, 0.717) is 44.4 Å². The predicted molar refractivity (Wildman–Crippen MR) is 190 cm³/mol. The van der Waals surface area contributed by atoms with Gasteiger partial charge in [0.25, 0.3) is 11.5 Å². The van der Waals surface area contributed by atoms with Gasteiger partial charge in [-0.15, -0.1) is 0 Å². The lowest BCUT2D eigenvalue weighted by Crippen LogP contribution is -2.40. The molecule has 0 saturated carbocycles. The fourth-order valence-corrected chi connectivity index (χ4v) is 8.02. The Hall–Kier alpha value is -3.50. The number of nitrogens with zero attached hydrogens (tertiary/aromatic N) is 2. The van der Waals surface area contributed by atoms with Gasteiger partial charge in [0, 0.05) is 5.69 Å². The highest BCUT2D eigenvalue weighted by Crippen LogP contribution is 2.32. The molecular formula is C33H29I2N3O6S. The standard InChI is InChI=1S/C33H29I2N3O6S/c1-4-42-23-13-11-21(12-14-23)29-28(31(40)37-22-9-7-6-8-10-22)19(3)36-33-38(29)32(41)26(45-33)17-20-15-24(34)30(25(35)16-20)44-18-27(39)43-5-2/h6-17,29H,4-5,18H2,1-3H3,(H,37,40)/b26-17-/t29-/m1/s1. The van der Waals surface area contributed by atoms with Crippen LogP contribution in [0.2, 0.25) is 0 Å². The van der Waals surface area contributed by atoms with Gasteiger partial charge in [-0.3, -0.25) is 14.2 Å². The molecule has 0 bridgehead atoms. The first-order valence-corrected chi connectivity index (χ1v) is 17.1. The van der Waals surface area contributed by atoms with Gasteiger partial charge in [0.2, 0.25) is 0 Å². The van der Waals surface area contributed by atoms with Crippen molar-refractivity contribution in [2.45, 2.75) is 26.8 Å². The lowest BCUT2D eigenvalue weighted by atomic mass is 9.95. The molecule has 0 radical (unpaired) electrons. The van der Waals surface area contributed by atoms with Crippen molar-refractivity contribution in [1.82, 2.24) is 4.57 Å². The molecule has 5 rings (SSSR count). The van der Waals surface area contributed by atoms with Gasteiger partial charge >= 0.3 is 5.97 Å². The number of thiazole rings is 1. The maximum atomic E-state index is 14.1. The van der Waals surface area contributed by atoms with Crippen LogP contribution in [-0.4, -0.2) is 36.3 Å². The minimum atomic E-state index is -0.707. The molecule has 0 fully saturated rings. The van der Waals surface area contributed by atoms with Crippen molar-refractivity contribution in [2.75, 3.05) is 25.1 Å². The van der Waals surface area contributed by atoms with E-state index in [4.69, 9.17) is 19.2 Å². The summed E-state index contributed by atoms with van der Waals surface area (Å²) in [4.78, 5) is 44.9. The van der Waals surface area contributed by atoms with E-state index in [2.05, 4.69) is 50.5 Å². The van der Waals surface area contributed by atoms with Crippen LogP contribution >= 0.6 is 56.5 Å². The van der Waals surface area contributed by atoms with Gasteiger partial charge in [-0.05, 0) is 120 Å². The number of hydrogen-bond donors (Lipinski definition) is 1. The number of ether oxygens (including phenoxy) is 3. The first kappa shape index (κ1) is 32.9.